The zero-order chi connectivity index (χ0) is 18.0. The van der Waals surface area contributed by atoms with Gasteiger partial charge in [-0.3, -0.25) is 9.79 Å². The number of fused-ring (bicyclic) bond motifs is 1. The molecule has 2 aromatic rings. The first kappa shape index (κ1) is 18.0. The van der Waals surface area contributed by atoms with Crippen LogP contribution >= 0.6 is 35.2 Å². The van der Waals surface area contributed by atoms with Crippen LogP contribution in [0.1, 0.15) is 29.3 Å². The molecule has 25 heavy (non-hydrogen) atoms. The summed E-state index contributed by atoms with van der Waals surface area (Å²) in [5.41, 5.74) is 2.66. The van der Waals surface area contributed by atoms with Crippen LogP contribution in [0.2, 0.25) is 5.02 Å². The van der Waals surface area contributed by atoms with E-state index < -0.39 is 0 Å². The van der Waals surface area contributed by atoms with Gasteiger partial charge in [-0.05, 0) is 25.5 Å². The van der Waals surface area contributed by atoms with Crippen molar-refractivity contribution in [2.45, 2.75) is 25.8 Å². The van der Waals surface area contributed by atoms with Crippen LogP contribution in [0.3, 0.4) is 0 Å². The number of thiophene rings is 1. The lowest BCUT2D eigenvalue weighted by Gasteiger charge is -2.08. The first-order valence-electron chi connectivity index (χ1n) is 7.83. The molecular weight excluding hydrogens is 376 g/mol. The fourth-order valence-corrected chi connectivity index (χ4v) is 4.08. The summed E-state index contributed by atoms with van der Waals surface area (Å²) in [6.07, 6.45) is 0.958. The van der Waals surface area contributed by atoms with Crippen molar-refractivity contribution in [1.29, 1.82) is 0 Å². The summed E-state index contributed by atoms with van der Waals surface area (Å²) in [6, 6.07) is 9.56. The maximum Gasteiger partial charge on any atom is 0.305 e. The fourth-order valence-electron chi connectivity index (χ4n) is 2.57. The molecular formula is C18H17ClN2O2S2. The number of nitrogens with zero attached hydrogens (tertiary/aromatic N) is 1. The van der Waals surface area contributed by atoms with Gasteiger partial charge in [0.05, 0.1) is 25.3 Å². The van der Waals surface area contributed by atoms with E-state index in [1.807, 2.05) is 31.2 Å². The molecule has 0 saturated carbocycles. The third-order valence-electron chi connectivity index (χ3n) is 3.91. The molecule has 1 aromatic carbocycles. The lowest BCUT2D eigenvalue weighted by atomic mass is 10.0. The molecule has 0 bridgehead atoms. The largest absolute Gasteiger partial charge is 0.469 e. The van der Waals surface area contributed by atoms with Crippen molar-refractivity contribution in [2.75, 3.05) is 12.4 Å². The summed E-state index contributed by atoms with van der Waals surface area (Å²) in [6.45, 7) is 1.96. The quantitative estimate of drug-likeness (QED) is 0.615. The maximum absolute atomic E-state index is 11.4. The Morgan fingerprint density at radius 1 is 1.40 bits per heavy atom. The van der Waals surface area contributed by atoms with Crippen LogP contribution < -0.4 is 5.32 Å². The van der Waals surface area contributed by atoms with E-state index in [9.17, 15) is 4.79 Å². The Kier molecular flexibility index (Phi) is 5.51. The van der Waals surface area contributed by atoms with Gasteiger partial charge in [-0.2, -0.15) is 0 Å². The molecule has 0 saturated heterocycles. The highest BCUT2D eigenvalue weighted by molar-refractivity contribution is 7.80. The highest BCUT2D eigenvalue weighted by atomic mass is 35.5. The molecule has 2 heterocycles. The highest BCUT2D eigenvalue weighted by Gasteiger charge is 2.24. The number of carbonyl (C=O) groups is 1. The summed E-state index contributed by atoms with van der Waals surface area (Å²) in [5, 5.41) is 4.88. The number of anilines is 1. The highest BCUT2D eigenvalue weighted by Crippen LogP contribution is 2.35. The smallest absolute Gasteiger partial charge is 0.305 e. The van der Waals surface area contributed by atoms with E-state index in [0.717, 1.165) is 26.7 Å². The fraction of sp³-hybridized carbons (Fsp3) is 0.278. The van der Waals surface area contributed by atoms with Crippen LogP contribution in [0.4, 0.5) is 5.00 Å². The van der Waals surface area contributed by atoms with E-state index in [-0.39, 0.29) is 12.0 Å². The Morgan fingerprint density at radius 2 is 2.16 bits per heavy atom. The maximum atomic E-state index is 11.4. The second kappa shape index (κ2) is 7.64. The number of ether oxygens (including phenoxy) is 1. The lowest BCUT2D eigenvalue weighted by molar-refractivity contribution is -0.140. The number of nitrogens with one attached hydrogen (secondary N) is 1. The topological polar surface area (TPSA) is 50.7 Å². The Morgan fingerprint density at radius 3 is 2.88 bits per heavy atom. The number of thiocarbonyl (C=S) groups is 1. The van der Waals surface area contributed by atoms with Crippen LogP contribution in [0, 0.1) is 0 Å². The number of hydrogen-bond donors (Lipinski definition) is 1. The normalized spacial score (nSPS) is 16.5. The van der Waals surface area contributed by atoms with Gasteiger partial charge < -0.3 is 10.1 Å². The van der Waals surface area contributed by atoms with Gasteiger partial charge in [0.15, 0.2) is 0 Å². The molecule has 3 rings (SSSR count). The number of methoxy groups -OCH3 is 1. The molecule has 0 radical (unpaired) electrons. The molecule has 1 aliphatic heterocycles. The van der Waals surface area contributed by atoms with Crippen LogP contribution in [0.5, 0.6) is 0 Å². The van der Waals surface area contributed by atoms with Gasteiger partial charge in [0.1, 0.15) is 9.99 Å². The number of halogens is 1. The van der Waals surface area contributed by atoms with Gasteiger partial charge in [0.25, 0.3) is 0 Å². The van der Waals surface area contributed by atoms with E-state index in [2.05, 4.69) is 11.4 Å². The predicted octanol–water partition coefficient (Wildman–Crippen LogP) is 4.49. The van der Waals surface area contributed by atoms with E-state index in [4.69, 9.17) is 33.5 Å². The van der Waals surface area contributed by atoms with Crippen molar-refractivity contribution in [3.05, 3.63) is 51.4 Å². The predicted molar refractivity (Wildman–Crippen MR) is 107 cm³/mol. The summed E-state index contributed by atoms with van der Waals surface area (Å²) < 4.78 is 4.72. The zero-order valence-corrected chi connectivity index (χ0v) is 16.2. The van der Waals surface area contributed by atoms with Gasteiger partial charge in [-0.1, -0.05) is 42.0 Å². The standard InChI is InChI=1S/C18H17ClN2O2S2/c1-10-17(24)21-18-13(9-11(25-18)7-8-15(22)23-2)16(20-10)12-5-3-4-6-14(12)19/h3-6,9-10H,7-8H2,1-2H3,(H,21,24). The van der Waals surface area contributed by atoms with Crippen molar-refractivity contribution in [1.82, 2.24) is 0 Å². The van der Waals surface area contributed by atoms with Crippen molar-refractivity contribution >= 4 is 56.8 Å². The average Bonchev–Trinajstić information content (AvgIpc) is 2.95. The van der Waals surface area contributed by atoms with Crippen LogP contribution in [0.15, 0.2) is 35.3 Å². The third-order valence-corrected chi connectivity index (χ3v) is 5.79. The zero-order valence-electron chi connectivity index (χ0n) is 13.8. The van der Waals surface area contributed by atoms with Crippen LogP contribution in [0.25, 0.3) is 0 Å². The van der Waals surface area contributed by atoms with Gasteiger partial charge >= 0.3 is 5.97 Å². The molecule has 1 aliphatic rings. The van der Waals surface area contributed by atoms with Gasteiger partial charge in [-0.25, -0.2) is 0 Å². The van der Waals surface area contributed by atoms with E-state index in [1.54, 1.807) is 11.3 Å². The van der Waals surface area contributed by atoms with Crippen LogP contribution in [-0.4, -0.2) is 29.8 Å². The molecule has 0 amide bonds. The minimum absolute atomic E-state index is 0.139. The molecule has 1 atom stereocenters. The number of esters is 1. The minimum atomic E-state index is -0.222. The summed E-state index contributed by atoms with van der Waals surface area (Å²) in [5.74, 6) is -0.222. The Labute approximate surface area is 160 Å². The molecule has 0 aliphatic carbocycles. The Balaban J connectivity index is 2.03. The van der Waals surface area contributed by atoms with Gasteiger partial charge in [0.2, 0.25) is 0 Å². The molecule has 1 N–H and O–H groups in total. The van der Waals surface area contributed by atoms with Crippen molar-refractivity contribution in [3.8, 4) is 0 Å². The number of hydrogen-bond acceptors (Lipinski definition) is 5. The number of carbonyl (C=O) groups excluding carboxylic acids is 1. The van der Waals surface area contributed by atoms with E-state index in [0.29, 0.717) is 22.9 Å². The van der Waals surface area contributed by atoms with E-state index in [1.165, 1.54) is 7.11 Å². The second-order valence-corrected chi connectivity index (χ2v) is 7.64. The van der Waals surface area contributed by atoms with Crippen molar-refractivity contribution in [3.63, 3.8) is 0 Å². The number of aryl methyl sites for hydroxylation is 1. The first-order valence-corrected chi connectivity index (χ1v) is 9.43. The molecule has 0 fully saturated rings. The van der Waals surface area contributed by atoms with Gasteiger partial charge in [0, 0.05) is 21.0 Å². The minimum Gasteiger partial charge on any atom is -0.469 e. The first-order chi connectivity index (χ1) is 12.0. The molecule has 7 heteroatoms. The number of benzene rings is 1. The van der Waals surface area contributed by atoms with E-state index >= 15 is 0 Å². The SMILES string of the molecule is COC(=O)CCc1cc2c(s1)NC(=S)C(C)N=C2c1ccccc1Cl. The molecule has 1 unspecified atom stereocenters. The summed E-state index contributed by atoms with van der Waals surface area (Å²) in [7, 11) is 1.40. The van der Waals surface area contributed by atoms with Crippen molar-refractivity contribution in [2.24, 2.45) is 4.99 Å². The molecule has 1 aromatic heterocycles. The third kappa shape index (κ3) is 3.92. The lowest BCUT2D eigenvalue weighted by Crippen LogP contribution is -2.19. The summed E-state index contributed by atoms with van der Waals surface area (Å²) in [4.78, 5) is 18.0. The average molecular weight is 393 g/mol. The molecule has 0 spiro atoms. The molecule has 130 valence electrons. The number of aliphatic imine (C=N–C) groups is 1. The Hall–Kier alpha value is -1.76. The number of rotatable bonds is 4. The molecule has 4 nitrogen and oxygen atoms in total. The summed E-state index contributed by atoms with van der Waals surface area (Å²) >= 11 is 13.4. The Bertz CT molecular complexity index is 861. The van der Waals surface area contributed by atoms with Crippen LogP contribution in [-0.2, 0) is 16.0 Å². The van der Waals surface area contributed by atoms with Crippen molar-refractivity contribution < 1.29 is 9.53 Å². The second-order valence-electron chi connectivity index (χ2n) is 5.65. The van der Waals surface area contributed by atoms with Gasteiger partial charge in [-0.15, -0.1) is 11.3 Å². The monoisotopic (exact) mass is 392 g/mol.